The Morgan fingerprint density at radius 2 is 1.84 bits per heavy atom. The Hall–Kier alpha value is -4.01. The monoisotopic (exact) mass is 425 g/mol. The molecule has 3 amide bonds. The van der Waals surface area contributed by atoms with Gasteiger partial charge in [0.15, 0.2) is 11.8 Å². The Balaban J connectivity index is 1.85. The maximum absolute atomic E-state index is 14.6. The molecule has 0 spiro atoms. The third kappa shape index (κ3) is 5.13. The highest BCUT2D eigenvalue weighted by atomic mass is 19.1. The lowest BCUT2D eigenvalue weighted by Gasteiger charge is -2.25. The predicted octanol–water partition coefficient (Wildman–Crippen LogP) is 2.23. The van der Waals surface area contributed by atoms with E-state index in [1.807, 2.05) is 30.3 Å². The molecule has 0 fully saturated rings. The lowest BCUT2D eigenvalue weighted by atomic mass is 9.97. The number of likely N-dealkylation sites (N-methyl/N-ethyl adjacent to an activating group) is 1. The zero-order valence-electron chi connectivity index (χ0n) is 16.5. The number of halogens is 1. The molecule has 0 radical (unpaired) electrons. The van der Waals surface area contributed by atoms with Crippen LogP contribution in [0.2, 0.25) is 0 Å². The van der Waals surface area contributed by atoms with Crippen molar-refractivity contribution in [2.45, 2.75) is 18.5 Å². The normalized spacial score (nSPS) is 16.7. The zero-order chi connectivity index (χ0) is 22.5. The first kappa shape index (κ1) is 21.7. The fourth-order valence-corrected chi connectivity index (χ4v) is 3.18. The highest BCUT2D eigenvalue weighted by Gasteiger charge is 2.32. The van der Waals surface area contributed by atoms with Gasteiger partial charge in [-0.3, -0.25) is 14.4 Å². The van der Waals surface area contributed by atoms with Gasteiger partial charge >= 0.3 is 12.0 Å². The Kier molecular flexibility index (Phi) is 6.44. The molecule has 0 saturated carbocycles. The Morgan fingerprint density at radius 3 is 2.52 bits per heavy atom. The molecule has 2 aromatic rings. The number of urea groups is 1. The molecule has 1 aliphatic heterocycles. The number of aliphatic carboxylic acids is 1. The molecule has 2 unspecified atom stereocenters. The molecule has 8 nitrogen and oxygen atoms in total. The highest BCUT2D eigenvalue weighted by molar-refractivity contribution is 6.14. The van der Waals surface area contributed by atoms with Gasteiger partial charge in [-0.25, -0.2) is 9.18 Å². The van der Waals surface area contributed by atoms with Gasteiger partial charge in [-0.05, 0) is 23.3 Å². The lowest BCUT2D eigenvalue weighted by molar-refractivity contribution is -0.138. The molecule has 0 aromatic heterocycles. The van der Waals surface area contributed by atoms with Crippen LogP contribution in [-0.4, -0.2) is 46.8 Å². The molecule has 9 heteroatoms. The summed E-state index contributed by atoms with van der Waals surface area (Å²) in [4.78, 5) is 49.0. The second kappa shape index (κ2) is 9.21. The van der Waals surface area contributed by atoms with Gasteiger partial charge in [-0.2, -0.15) is 0 Å². The van der Waals surface area contributed by atoms with E-state index in [1.165, 1.54) is 25.4 Å². The highest BCUT2D eigenvalue weighted by Crippen LogP contribution is 2.27. The first-order valence-electron chi connectivity index (χ1n) is 9.38. The predicted molar refractivity (Wildman–Crippen MR) is 109 cm³/mol. The van der Waals surface area contributed by atoms with Crippen LogP contribution in [0.15, 0.2) is 60.8 Å². The molecular weight excluding hydrogens is 405 g/mol. The summed E-state index contributed by atoms with van der Waals surface area (Å²) in [5.41, 5.74) is 1.40. The van der Waals surface area contributed by atoms with Crippen LogP contribution in [0.3, 0.4) is 0 Å². The molecular formula is C22H20FN3O5. The van der Waals surface area contributed by atoms with Crippen molar-refractivity contribution in [1.29, 1.82) is 0 Å². The zero-order valence-corrected chi connectivity index (χ0v) is 16.5. The summed E-state index contributed by atoms with van der Waals surface area (Å²) in [6.45, 7) is 0. The molecule has 2 atom stereocenters. The van der Waals surface area contributed by atoms with Gasteiger partial charge in [-0.1, -0.05) is 36.4 Å². The topological polar surface area (TPSA) is 116 Å². The van der Waals surface area contributed by atoms with Gasteiger partial charge in [0.2, 0.25) is 0 Å². The molecule has 31 heavy (non-hydrogen) atoms. The van der Waals surface area contributed by atoms with Crippen molar-refractivity contribution in [2.24, 2.45) is 0 Å². The molecule has 0 saturated heterocycles. The number of amides is 3. The van der Waals surface area contributed by atoms with Crippen molar-refractivity contribution >= 4 is 23.7 Å². The molecule has 3 N–H and O–H groups in total. The Bertz CT molecular complexity index is 1050. The van der Waals surface area contributed by atoms with E-state index in [9.17, 15) is 28.7 Å². The van der Waals surface area contributed by atoms with Crippen LogP contribution in [-0.2, 0) is 14.4 Å². The third-order valence-electron chi connectivity index (χ3n) is 4.78. The van der Waals surface area contributed by atoms with Gasteiger partial charge in [-0.15, -0.1) is 0 Å². The molecule has 1 heterocycles. The minimum absolute atomic E-state index is 0.0304. The van der Waals surface area contributed by atoms with Crippen LogP contribution in [0.4, 0.5) is 9.18 Å². The molecule has 0 bridgehead atoms. The minimum atomic E-state index is -1.44. The smallest absolute Gasteiger partial charge is 0.316 e. The SMILES string of the molecule is CN1C=CC(=O)C(NC(=O)NC(CC(=O)O)c2cc(-c3ccccc3)ccc2F)C1=O. The lowest BCUT2D eigenvalue weighted by Crippen LogP contribution is -2.55. The number of nitrogens with one attached hydrogen (secondary N) is 2. The van der Waals surface area contributed by atoms with E-state index in [0.717, 1.165) is 16.5 Å². The molecule has 0 aliphatic carbocycles. The summed E-state index contributed by atoms with van der Waals surface area (Å²) in [5.74, 6) is -3.22. The van der Waals surface area contributed by atoms with E-state index in [2.05, 4.69) is 10.6 Å². The van der Waals surface area contributed by atoms with Gasteiger partial charge < -0.3 is 20.6 Å². The van der Waals surface area contributed by atoms with E-state index in [0.29, 0.717) is 5.56 Å². The standard InChI is InChI=1S/C22H20FN3O5/c1-26-10-9-18(27)20(21(26)30)25-22(31)24-17(12-19(28)29)15-11-14(7-8-16(15)23)13-5-3-2-4-6-13/h2-11,17,20H,12H2,1H3,(H,28,29)(H2,24,25,31). The number of ketones is 1. The van der Waals surface area contributed by atoms with E-state index >= 15 is 0 Å². The van der Waals surface area contributed by atoms with E-state index in [4.69, 9.17) is 0 Å². The maximum Gasteiger partial charge on any atom is 0.316 e. The van der Waals surface area contributed by atoms with E-state index in [-0.39, 0.29) is 5.56 Å². The van der Waals surface area contributed by atoms with Crippen LogP contribution in [0.5, 0.6) is 0 Å². The average Bonchev–Trinajstić information content (AvgIpc) is 2.74. The summed E-state index contributed by atoms with van der Waals surface area (Å²) in [6.07, 6.45) is 1.82. The summed E-state index contributed by atoms with van der Waals surface area (Å²) in [6, 6.07) is 9.63. The van der Waals surface area contributed by atoms with E-state index in [1.54, 1.807) is 6.07 Å². The second-order valence-electron chi connectivity index (χ2n) is 6.97. The summed E-state index contributed by atoms with van der Waals surface area (Å²) >= 11 is 0. The largest absolute Gasteiger partial charge is 0.481 e. The van der Waals surface area contributed by atoms with Crippen LogP contribution in [0, 0.1) is 5.82 Å². The van der Waals surface area contributed by atoms with Crippen molar-refractivity contribution in [3.8, 4) is 11.1 Å². The number of benzene rings is 2. The first-order valence-corrected chi connectivity index (χ1v) is 9.38. The molecule has 1 aliphatic rings. The quantitative estimate of drug-likeness (QED) is 0.614. The molecule has 160 valence electrons. The number of hydrogen-bond acceptors (Lipinski definition) is 4. The van der Waals surface area contributed by atoms with E-state index < -0.39 is 48.0 Å². The number of carboxylic acid groups (broad SMARTS) is 1. The number of carbonyl (C=O) groups excluding carboxylic acids is 3. The van der Waals surface area contributed by atoms with Crippen molar-refractivity contribution in [1.82, 2.24) is 15.5 Å². The number of hydrogen-bond donors (Lipinski definition) is 3. The van der Waals surface area contributed by atoms with Crippen molar-refractivity contribution in [3.05, 3.63) is 72.2 Å². The number of rotatable bonds is 6. The van der Waals surface area contributed by atoms with Crippen molar-refractivity contribution in [3.63, 3.8) is 0 Å². The van der Waals surface area contributed by atoms with Gasteiger partial charge in [0.1, 0.15) is 5.82 Å². The Labute approximate surface area is 177 Å². The van der Waals surface area contributed by atoms with Crippen LogP contribution < -0.4 is 10.6 Å². The Morgan fingerprint density at radius 1 is 1.13 bits per heavy atom. The molecule has 3 rings (SSSR count). The number of carboxylic acids is 1. The fraction of sp³-hybridized carbons (Fsp3) is 0.182. The van der Waals surface area contributed by atoms with Crippen LogP contribution in [0.25, 0.3) is 11.1 Å². The first-order chi connectivity index (χ1) is 14.8. The molecule has 2 aromatic carbocycles. The summed E-state index contributed by atoms with van der Waals surface area (Å²) in [5, 5.41) is 13.9. The number of carbonyl (C=O) groups is 4. The minimum Gasteiger partial charge on any atom is -0.481 e. The average molecular weight is 425 g/mol. The van der Waals surface area contributed by atoms with Gasteiger partial charge in [0.25, 0.3) is 5.91 Å². The van der Waals surface area contributed by atoms with Crippen molar-refractivity contribution < 1.29 is 28.7 Å². The fourth-order valence-electron chi connectivity index (χ4n) is 3.18. The van der Waals surface area contributed by atoms with Gasteiger partial charge in [0.05, 0.1) is 12.5 Å². The second-order valence-corrected chi connectivity index (χ2v) is 6.97. The van der Waals surface area contributed by atoms with Crippen LogP contribution in [0.1, 0.15) is 18.0 Å². The maximum atomic E-state index is 14.6. The van der Waals surface area contributed by atoms with Gasteiger partial charge in [0, 0.05) is 24.9 Å². The summed E-state index contributed by atoms with van der Waals surface area (Å²) in [7, 11) is 1.43. The van der Waals surface area contributed by atoms with Crippen molar-refractivity contribution in [2.75, 3.05) is 7.05 Å². The van der Waals surface area contributed by atoms with Crippen LogP contribution >= 0.6 is 0 Å². The third-order valence-corrected chi connectivity index (χ3v) is 4.78. The summed E-state index contributed by atoms with van der Waals surface area (Å²) < 4.78 is 14.6. The number of nitrogens with zero attached hydrogens (tertiary/aromatic N) is 1.